The lowest BCUT2D eigenvalue weighted by Crippen LogP contribution is -2.21. The molecule has 0 amide bonds. The second-order valence-corrected chi connectivity index (χ2v) is 9.54. The molecule has 4 atom stereocenters. The minimum Gasteiger partial charge on any atom is -0.497 e. The van der Waals surface area contributed by atoms with Crippen molar-refractivity contribution < 1.29 is 19.7 Å². The van der Waals surface area contributed by atoms with Gasteiger partial charge in [-0.05, 0) is 60.8 Å². The fourth-order valence-corrected chi connectivity index (χ4v) is 4.97. The van der Waals surface area contributed by atoms with Gasteiger partial charge in [0, 0.05) is 31.3 Å². The average molecular weight is 458 g/mol. The molecular formula is C27H39NO5. The van der Waals surface area contributed by atoms with Gasteiger partial charge in [0.1, 0.15) is 6.61 Å². The summed E-state index contributed by atoms with van der Waals surface area (Å²) in [6, 6.07) is 0. The first-order valence-corrected chi connectivity index (χ1v) is 12.3. The number of nitrogens with zero attached hydrogens (tertiary/aromatic N) is 1. The second-order valence-electron chi connectivity index (χ2n) is 9.54. The van der Waals surface area contributed by atoms with E-state index in [1.54, 1.807) is 0 Å². The average Bonchev–Trinajstić information content (AvgIpc) is 2.85. The van der Waals surface area contributed by atoms with Crippen molar-refractivity contribution in [2.24, 2.45) is 28.8 Å². The highest BCUT2D eigenvalue weighted by Gasteiger charge is 2.24. The van der Waals surface area contributed by atoms with Crippen LogP contribution in [0, 0.1) is 28.6 Å². The molecule has 0 bridgehead atoms. The van der Waals surface area contributed by atoms with Gasteiger partial charge < -0.3 is 19.7 Å². The van der Waals surface area contributed by atoms with Crippen LogP contribution in [0.25, 0.3) is 0 Å². The van der Waals surface area contributed by atoms with E-state index in [2.05, 4.69) is 37.3 Å². The zero-order valence-corrected chi connectivity index (χ0v) is 20.0. The molecule has 0 saturated carbocycles. The second kappa shape index (κ2) is 12.9. The lowest BCUT2D eigenvalue weighted by atomic mass is 9.86. The molecule has 0 aromatic carbocycles. The third-order valence-corrected chi connectivity index (χ3v) is 6.81. The molecular weight excluding hydrogens is 418 g/mol. The van der Waals surface area contributed by atoms with Crippen LogP contribution >= 0.6 is 0 Å². The minimum absolute atomic E-state index is 0.0253. The highest BCUT2D eigenvalue weighted by atomic mass is 16.5. The van der Waals surface area contributed by atoms with Crippen molar-refractivity contribution in [2.45, 2.75) is 52.4 Å². The first-order valence-electron chi connectivity index (χ1n) is 12.3. The number of hydrogen-bond acceptors (Lipinski definition) is 6. The van der Waals surface area contributed by atoms with Crippen molar-refractivity contribution in [3.05, 3.63) is 63.5 Å². The molecule has 0 radical (unpaired) electrons. The number of rotatable bonds is 12. The van der Waals surface area contributed by atoms with Gasteiger partial charge in [-0.2, -0.15) is 4.91 Å². The Labute approximate surface area is 197 Å². The van der Waals surface area contributed by atoms with E-state index in [-0.39, 0.29) is 37.5 Å². The van der Waals surface area contributed by atoms with Gasteiger partial charge in [-0.3, -0.25) is 0 Å². The van der Waals surface area contributed by atoms with E-state index in [1.165, 1.54) is 5.57 Å². The summed E-state index contributed by atoms with van der Waals surface area (Å²) in [5, 5.41) is 22.2. The summed E-state index contributed by atoms with van der Waals surface area (Å²) in [4.78, 5) is 10.7. The van der Waals surface area contributed by atoms with Crippen molar-refractivity contribution in [3.8, 4) is 0 Å². The summed E-state index contributed by atoms with van der Waals surface area (Å²) in [5.41, 5.74) is 3.47. The number of aliphatic hydroxyl groups is 2. The summed E-state index contributed by atoms with van der Waals surface area (Å²) < 4.78 is 12.3. The lowest BCUT2D eigenvalue weighted by Gasteiger charge is -2.27. The van der Waals surface area contributed by atoms with E-state index >= 15 is 0 Å². The topological polar surface area (TPSA) is 88.4 Å². The third kappa shape index (κ3) is 7.68. The minimum atomic E-state index is 0.0253. The fraction of sp³-hybridized carbons (Fsp3) is 0.630. The number of ether oxygens (including phenoxy) is 2. The smallest absolute Gasteiger partial charge is 0.112 e. The first kappa shape index (κ1) is 25.4. The SMILES string of the molecule is CCC1=CC(COC2=CC(CO)C[C@H](CN=O)C2)=CC(COC2=CC(CO)=CC(CC)C2)C1. The molecule has 6 nitrogen and oxygen atoms in total. The predicted molar refractivity (Wildman–Crippen MR) is 130 cm³/mol. The lowest BCUT2D eigenvalue weighted by molar-refractivity contribution is 0.161. The van der Waals surface area contributed by atoms with Crippen LogP contribution in [0.4, 0.5) is 0 Å². The number of aliphatic hydroxyl groups excluding tert-OH is 2. The van der Waals surface area contributed by atoms with Crippen molar-refractivity contribution >= 4 is 0 Å². The maximum atomic E-state index is 10.7. The molecule has 3 aliphatic carbocycles. The van der Waals surface area contributed by atoms with Crippen LogP contribution in [-0.2, 0) is 9.47 Å². The molecule has 3 unspecified atom stereocenters. The quantitative estimate of drug-likeness (QED) is 0.393. The van der Waals surface area contributed by atoms with Gasteiger partial charge in [-0.15, -0.1) is 0 Å². The summed E-state index contributed by atoms with van der Waals surface area (Å²) in [5.74, 6) is 2.68. The van der Waals surface area contributed by atoms with E-state index in [0.29, 0.717) is 25.6 Å². The summed E-state index contributed by atoms with van der Waals surface area (Å²) in [7, 11) is 0. The maximum Gasteiger partial charge on any atom is 0.112 e. The molecule has 3 rings (SSSR count). The van der Waals surface area contributed by atoms with E-state index in [1.807, 2.05) is 12.2 Å². The molecule has 33 heavy (non-hydrogen) atoms. The van der Waals surface area contributed by atoms with Crippen LogP contribution in [0.3, 0.4) is 0 Å². The van der Waals surface area contributed by atoms with Crippen molar-refractivity contribution in [1.82, 2.24) is 0 Å². The Hall–Kier alpha value is -2.18. The largest absolute Gasteiger partial charge is 0.497 e. The highest BCUT2D eigenvalue weighted by molar-refractivity contribution is 5.31. The van der Waals surface area contributed by atoms with Gasteiger partial charge in [0.15, 0.2) is 0 Å². The van der Waals surface area contributed by atoms with Crippen LogP contribution in [-0.4, -0.2) is 43.2 Å². The zero-order chi connectivity index (χ0) is 23.6. The molecule has 0 aromatic heterocycles. The Balaban J connectivity index is 1.60. The fourth-order valence-electron chi connectivity index (χ4n) is 4.97. The number of allylic oxidation sites excluding steroid dienone is 4. The summed E-state index contributed by atoms with van der Waals surface area (Å²) in [6.45, 7) is 5.80. The third-order valence-electron chi connectivity index (χ3n) is 6.81. The van der Waals surface area contributed by atoms with E-state index < -0.39 is 0 Å². The zero-order valence-electron chi connectivity index (χ0n) is 20.0. The van der Waals surface area contributed by atoms with Gasteiger partial charge in [-0.1, -0.05) is 42.8 Å². The first-order chi connectivity index (χ1) is 16.1. The van der Waals surface area contributed by atoms with Gasteiger partial charge in [0.05, 0.1) is 31.3 Å². The molecule has 0 aromatic rings. The van der Waals surface area contributed by atoms with Crippen LogP contribution in [0.2, 0.25) is 0 Å². The molecule has 0 spiro atoms. The Bertz CT molecular complexity index is 822. The van der Waals surface area contributed by atoms with Crippen LogP contribution in [0.5, 0.6) is 0 Å². The molecule has 0 fully saturated rings. The molecule has 0 heterocycles. The monoisotopic (exact) mass is 457 g/mol. The van der Waals surface area contributed by atoms with Crippen LogP contribution in [0.15, 0.2) is 63.8 Å². The van der Waals surface area contributed by atoms with Gasteiger partial charge in [0.25, 0.3) is 0 Å². The van der Waals surface area contributed by atoms with Crippen LogP contribution < -0.4 is 0 Å². The Morgan fingerprint density at radius 1 is 0.939 bits per heavy atom. The molecule has 0 aliphatic heterocycles. The standard InChI is InChI=1S/C27H39NO5/c1-3-19-6-24(17-32-26-10-20(4-2)5-22(12-26)15-29)9-25(7-19)18-33-27-11-21(14-28-31)8-23(13-27)16-30/h5,7,9,12-13,20-21,23-24,29-30H,3-4,6,8,10-11,14-18H2,1-2H3/t20?,21-,23?,24?/m0/s1. The maximum absolute atomic E-state index is 10.7. The van der Waals surface area contributed by atoms with Crippen molar-refractivity contribution in [1.29, 1.82) is 0 Å². The predicted octanol–water partition coefficient (Wildman–Crippen LogP) is 5.20. The number of nitroso groups, excluding NO2 is 1. The van der Waals surface area contributed by atoms with Crippen molar-refractivity contribution in [2.75, 3.05) is 33.0 Å². The Morgan fingerprint density at radius 2 is 1.76 bits per heavy atom. The van der Waals surface area contributed by atoms with Crippen molar-refractivity contribution in [3.63, 3.8) is 0 Å². The summed E-state index contributed by atoms with van der Waals surface area (Å²) in [6.07, 6.45) is 16.0. The van der Waals surface area contributed by atoms with Gasteiger partial charge in [-0.25, -0.2) is 0 Å². The normalized spacial score (nSPS) is 27.6. The Kier molecular flexibility index (Phi) is 9.95. The van der Waals surface area contributed by atoms with Gasteiger partial charge in [0.2, 0.25) is 0 Å². The van der Waals surface area contributed by atoms with E-state index in [4.69, 9.17) is 9.47 Å². The summed E-state index contributed by atoms with van der Waals surface area (Å²) >= 11 is 0. The molecule has 182 valence electrons. The van der Waals surface area contributed by atoms with Gasteiger partial charge >= 0.3 is 0 Å². The Morgan fingerprint density at radius 3 is 2.45 bits per heavy atom. The molecule has 2 N–H and O–H groups in total. The number of hydrogen-bond donors (Lipinski definition) is 2. The van der Waals surface area contributed by atoms with E-state index in [9.17, 15) is 15.1 Å². The van der Waals surface area contributed by atoms with Crippen LogP contribution in [0.1, 0.15) is 52.4 Å². The molecule has 0 saturated heterocycles. The highest BCUT2D eigenvalue weighted by Crippen LogP contribution is 2.32. The molecule has 6 heteroatoms. The molecule has 3 aliphatic rings. The van der Waals surface area contributed by atoms with E-state index in [0.717, 1.165) is 54.8 Å².